The summed E-state index contributed by atoms with van der Waals surface area (Å²) in [4.78, 5) is 8.35. The molecule has 130 valence electrons. The third kappa shape index (κ3) is 4.49. The molecule has 0 aliphatic carbocycles. The van der Waals surface area contributed by atoms with Crippen LogP contribution in [0.5, 0.6) is 11.5 Å². The molecule has 0 radical (unpaired) electrons. The maximum atomic E-state index is 5.90. The van der Waals surface area contributed by atoms with Crippen molar-refractivity contribution in [2.24, 2.45) is 12.0 Å². The second-order valence-corrected chi connectivity index (χ2v) is 5.10. The molecule has 1 aromatic carbocycles. The first kappa shape index (κ1) is 18.3. The number of para-hydroxylation sites is 2. The van der Waals surface area contributed by atoms with E-state index >= 15 is 0 Å². The Bertz CT molecular complexity index is 690. The van der Waals surface area contributed by atoms with Crippen LogP contribution in [0.25, 0.3) is 0 Å². The zero-order chi connectivity index (χ0) is 16.1. The lowest BCUT2D eigenvalue weighted by Gasteiger charge is -2.27. The quantitative estimate of drug-likeness (QED) is 0.415. The fraction of sp³-hybridized carbons (Fsp3) is 0.400. The van der Waals surface area contributed by atoms with Gasteiger partial charge in [-0.2, -0.15) is 5.10 Å². The topological polar surface area (TPSA) is 85.6 Å². The highest BCUT2D eigenvalue weighted by Crippen LogP contribution is 2.30. The fourth-order valence-electron chi connectivity index (χ4n) is 2.24. The molecule has 0 saturated carbocycles. The van der Waals surface area contributed by atoms with Gasteiger partial charge in [0.1, 0.15) is 24.9 Å². The van der Waals surface area contributed by atoms with E-state index in [1.54, 1.807) is 11.7 Å². The molecule has 0 bridgehead atoms. The van der Waals surface area contributed by atoms with Gasteiger partial charge in [-0.05, 0) is 12.1 Å². The number of nitrogens with one attached hydrogen (secondary N) is 2. The third-order valence-corrected chi connectivity index (χ3v) is 3.51. The van der Waals surface area contributed by atoms with E-state index in [9.17, 15) is 0 Å². The highest BCUT2D eigenvalue weighted by Gasteiger charge is 2.20. The Morgan fingerprint density at radius 3 is 2.83 bits per heavy atom. The molecule has 2 aromatic rings. The predicted octanol–water partition coefficient (Wildman–Crippen LogP) is 0.938. The summed E-state index contributed by atoms with van der Waals surface area (Å²) in [5.74, 6) is 3.07. The maximum Gasteiger partial charge on any atom is 0.191 e. The summed E-state index contributed by atoms with van der Waals surface area (Å²) in [6.45, 7) is 1.64. The van der Waals surface area contributed by atoms with E-state index < -0.39 is 0 Å². The van der Waals surface area contributed by atoms with Crippen LogP contribution in [0.15, 0.2) is 35.6 Å². The Kier molecular flexibility index (Phi) is 6.64. The van der Waals surface area contributed by atoms with Crippen molar-refractivity contribution in [3.63, 3.8) is 0 Å². The van der Waals surface area contributed by atoms with Crippen LogP contribution in [0.2, 0.25) is 0 Å². The van der Waals surface area contributed by atoms with E-state index in [4.69, 9.17) is 9.47 Å². The number of fused-ring (bicyclic) bond motifs is 1. The number of aryl methyl sites for hydroxylation is 1. The van der Waals surface area contributed by atoms with Crippen LogP contribution < -0.4 is 20.1 Å². The van der Waals surface area contributed by atoms with E-state index in [-0.39, 0.29) is 30.1 Å². The monoisotopic (exact) mass is 444 g/mol. The molecule has 9 heteroatoms. The molecule has 1 aliphatic heterocycles. The van der Waals surface area contributed by atoms with Crippen LogP contribution in [0.1, 0.15) is 5.82 Å². The van der Waals surface area contributed by atoms with Crippen LogP contribution >= 0.6 is 24.0 Å². The summed E-state index contributed by atoms with van der Waals surface area (Å²) in [5, 5.41) is 10.4. The molecule has 24 heavy (non-hydrogen) atoms. The smallest absolute Gasteiger partial charge is 0.191 e. The number of ether oxygens (including phenoxy) is 2. The van der Waals surface area contributed by atoms with Crippen LogP contribution in [-0.4, -0.2) is 47.0 Å². The molecule has 1 aromatic heterocycles. The van der Waals surface area contributed by atoms with Crippen LogP contribution in [-0.2, 0) is 13.6 Å². The van der Waals surface area contributed by atoms with Gasteiger partial charge >= 0.3 is 0 Å². The van der Waals surface area contributed by atoms with Crippen molar-refractivity contribution in [1.29, 1.82) is 0 Å². The Balaban J connectivity index is 0.00000208. The van der Waals surface area contributed by atoms with E-state index in [1.165, 1.54) is 6.33 Å². The number of aromatic nitrogens is 3. The number of rotatable bonds is 4. The van der Waals surface area contributed by atoms with Crippen molar-refractivity contribution in [2.75, 3.05) is 20.2 Å². The average molecular weight is 444 g/mol. The van der Waals surface area contributed by atoms with Crippen molar-refractivity contribution in [3.8, 4) is 11.5 Å². The number of guanidine groups is 1. The minimum Gasteiger partial charge on any atom is -0.486 e. The molecule has 1 unspecified atom stereocenters. The van der Waals surface area contributed by atoms with Gasteiger partial charge < -0.3 is 20.1 Å². The lowest BCUT2D eigenvalue weighted by atomic mass is 10.2. The summed E-state index contributed by atoms with van der Waals surface area (Å²) >= 11 is 0. The van der Waals surface area contributed by atoms with E-state index in [0.717, 1.165) is 17.3 Å². The van der Waals surface area contributed by atoms with Gasteiger partial charge in [0.25, 0.3) is 0 Å². The lowest BCUT2D eigenvalue weighted by molar-refractivity contribution is 0.0936. The molecule has 0 amide bonds. The molecule has 8 nitrogen and oxygen atoms in total. The molecule has 0 spiro atoms. The van der Waals surface area contributed by atoms with Gasteiger partial charge in [-0.1, -0.05) is 12.1 Å². The zero-order valence-electron chi connectivity index (χ0n) is 13.6. The average Bonchev–Trinajstić information content (AvgIpc) is 3.00. The molecule has 1 aliphatic rings. The fourth-order valence-corrected chi connectivity index (χ4v) is 2.24. The lowest BCUT2D eigenvalue weighted by Crippen LogP contribution is -2.45. The van der Waals surface area contributed by atoms with Gasteiger partial charge in [0, 0.05) is 14.1 Å². The van der Waals surface area contributed by atoms with Crippen LogP contribution in [0.3, 0.4) is 0 Å². The van der Waals surface area contributed by atoms with Crippen molar-refractivity contribution in [1.82, 2.24) is 25.4 Å². The molecule has 0 fully saturated rings. The third-order valence-electron chi connectivity index (χ3n) is 3.51. The minimum atomic E-state index is -0.0710. The van der Waals surface area contributed by atoms with Crippen molar-refractivity contribution in [3.05, 3.63) is 36.4 Å². The van der Waals surface area contributed by atoms with Gasteiger partial charge in [0.2, 0.25) is 0 Å². The summed E-state index contributed by atoms with van der Waals surface area (Å²) < 4.78 is 13.3. The maximum absolute atomic E-state index is 5.90. The molecule has 0 saturated heterocycles. The molecule has 1 atom stereocenters. The summed E-state index contributed by atoms with van der Waals surface area (Å²) in [5.41, 5.74) is 0. The van der Waals surface area contributed by atoms with Crippen LogP contribution in [0, 0.1) is 0 Å². The largest absolute Gasteiger partial charge is 0.486 e. The van der Waals surface area contributed by atoms with E-state index in [1.807, 2.05) is 31.3 Å². The number of benzene rings is 1. The first-order valence-corrected chi connectivity index (χ1v) is 7.42. The number of halogens is 1. The van der Waals surface area contributed by atoms with Gasteiger partial charge in [-0.3, -0.25) is 9.67 Å². The Labute approximate surface area is 157 Å². The number of nitrogens with zero attached hydrogens (tertiary/aromatic N) is 4. The number of hydrogen-bond donors (Lipinski definition) is 2. The molecule has 3 rings (SSSR count). The zero-order valence-corrected chi connectivity index (χ0v) is 15.9. The highest BCUT2D eigenvalue weighted by atomic mass is 127. The molecule has 2 heterocycles. The highest BCUT2D eigenvalue weighted by molar-refractivity contribution is 14.0. The summed E-state index contributed by atoms with van der Waals surface area (Å²) in [6.07, 6.45) is 1.45. The van der Waals surface area contributed by atoms with Crippen LogP contribution in [0.4, 0.5) is 0 Å². The summed E-state index contributed by atoms with van der Waals surface area (Å²) in [6, 6.07) is 7.67. The van der Waals surface area contributed by atoms with Gasteiger partial charge in [-0.15, -0.1) is 24.0 Å². The normalized spacial score (nSPS) is 16.2. The molecular formula is C15H21IN6O2. The second kappa shape index (κ2) is 8.71. The predicted molar refractivity (Wildman–Crippen MR) is 101 cm³/mol. The Morgan fingerprint density at radius 2 is 2.12 bits per heavy atom. The van der Waals surface area contributed by atoms with E-state index in [0.29, 0.717) is 25.7 Å². The SMILES string of the molecule is CN=C(NCc1ncnn1C)NCC1COc2ccccc2O1.I. The standard InChI is InChI=1S/C15H20N6O2.HI/c1-16-15(18-8-14-19-10-20-21(14)2)17-7-11-9-22-12-5-3-4-6-13(12)23-11;/h3-6,10-11H,7-9H2,1-2H3,(H2,16,17,18);1H. The number of aliphatic imine (C=N–C) groups is 1. The van der Waals surface area contributed by atoms with Crippen molar-refractivity contribution in [2.45, 2.75) is 12.6 Å². The Hall–Kier alpha value is -2.04. The van der Waals surface area contributed by atoms with Crippen molar-refractivity contribution < 1.29 is 9.47 Å². The second-order valence-electron chi connectivity index (χ2n) is 5.10. The first-order valence-electron chi connectivity index (χ1n) is 7.42. The number of hydrogen-bond acceptors (Lipinski definition) is 5. The van der Waals surface area contributed by atoms with E-state index in [2.05, 4.69) is 25.7 Å². The van der Waals surface area contributed by atoms with Gasteiger partial charge in [-0.25, -0.2) is 4.98 Å². The van der Waals surface area contributed by atoms with Crippen molar-refractivity contribution >= 4 is 29.9 Å². The van der Waals surface area contributed by atoms with Gasteiger partial charge in [0.15, 0.2) is 17.5 Å². The van der Waals surface area contributed by atoms with Gasteiger partial charge in [0.05, 0.1) is 13.1 Å². The minimum absolute atomic E-state index is 0. The molecule has 2 N–H and O–H groups in total. The molecular weight excluding hydrogens is 423 g/mol. The summed E-state index contributed by atoms with van der Waals surface area (Å²) in [7, 11) is 3.57. The first-order chi connectivity index (χ1) is 11.3. The Morgan fingerprint density at radius 1 is 1.33 bits per heavy atom.